The van der Waals surface area contributed by atoms with Gasteiger partial charge in [-0.25, -0.2) is 0 Å². The number of aromatic nitrogens is 4. The summed E-state index contributed by atoms with van der Waals surface area (Å²) in [7, 11) is 0. The van der Waals surface area contributed by atoms with Crippen molar-refractivity contribution in [1.29, 1.82) is 0 Å². The third-order valence-electron chi connectivity index (χ3n) is 8.19. The summed E-state index contributed by atoms with van der Waals surface area (Å²) in [6.07, 6.45) is 8.35. The molecule has 1 atom stereocenters. The van der Waals surface area contributed by atoms with Gasteiger partial charge in [0.15, 0.2) is 0 Å². The molecule has 2 saturated carbocycles. The first kappa shape index (κ1) is 23.7. The first-order chi connectivity index (χ1) is 19.0. The Bertz CT molecular complexity index is 1510. The van der Waals surface area contributed by atoms with Crippen LogP contribution in [0.2, 0.25) is 0 Å². The van der Waals surface area contributed by atoms with Crippen LogP contribution in [0.15, 0.2) is 42.7 Å². The van der Waals surface area contributed by atoms with Gasteiger partial charge in [-0.2, -0.15) is 15.3 Å². The van der Waals surface area contributed by atoms with Crippen LogP contribution >= 0.6 is 0 Å². The zero-order chi connectivity index (χ0) is 26.7. The summed E-state index contributed by atoms with van der Waals surface area (Å²) < 4.78 is 2.09. The van der Waals surface area contributed by atoms with Crippen molar-refractivity contribution in [1.82, 2.24) is 30.2 Å². The molecule has 2 aliphatic carbocycles. The normalized spacial score (nSPS) is 24.4. The minimum absolute atomic E-state index is 0.0983. The highest BCUT2D eigenvalue weighted by Gasteiger charge is 2.44. The van der Waals surface area contributed by atoms with Crippen molar-refractivity contribution in [2.24, 2.45) is 5.92 Å². The fourth-order valence-electron chi connectivity index (χ4n) is 5.82. The number of benzene rings is 1. The van der Waals surface area contributed by atoms with Crippen LogP contribution in [0.25, 0.3) is 11.3 Å². The largest absolute Gasteiger partial charge is 0.385 e. The molecule has 2 aromatic heterocycles. The minimum atomic E-state index is -0.962. The van der Waals surface area contributed by atoms with Crippen molar-refractivity contribution in [2.45, 2.75) is 56.5 Å². The molecule has 2 aliphatic heterocycles. The van der Waals surface area contributed by atoms with Gasteiger partial charge in [-0.05, 0) is 68.4 Å². The van der Waals surface area contributed by atoms with Gasteiger partial charge in [0.1, 0.15) is 6.04 Å². The van der Waals surface area contributed by atoms with Crippen LogP contribution in [0.5, 0.6) is 0 Å². The zero-order valence-corrected chi connectivity index (χ0v) is 21.2. The van der Waals surface area contributed by atoms with Gasteiger partial charge in [-0.3, -0.25) is 34.1 Å². The first-order valence-electron chi connectivity index (χ1n) is 13.4. The molecule has 3 aromatic rings. The van der Waals surface area contributed by atoms with Gasteiger partial charge in [0, 0.05) is 42.5 Å². The Morgan fingerprint density at radius 1 is 0.974 bits per heavy atom. The molecule has 11 nitrogen and oxygen atoms in total. The molecule has 198 valence electrons. The average molecular weight is 526 g/mol. The van der Waals surface area contributed by atoms with Crippen LogP contribution in [-0.4, -0.2) is 61.1 Å². The highest BCUT2D eigenvalue weighted by molar-refractivity contribution is 6.23. The highest BCUT2D eigenvalue weighted by Crippen LogP contribution is 2.45. The van der Waals surface area contributed by atoms with E-state index in [-0.39, 0.29) is 29.9 Å². The number of imide groups is 2. The number of hydrogen-bond donors (Lipinski definition) is 2. The van der Waals surface area contributed by atoms with E-state index >= 15 is 0 Å². The number of nitrogens with one attached hydrogen (secondary N) is 2. The fraction of sp³-hybridized carbons (Fsp3) is 0.393. The second kappa shape index (κ2) is 9.11. The predicted octanol–water partition coefficient (Wildman–Crippen LogP) is 2.68. The molecule has 4 aliphatic rings. The molecule has 1 unspecified atom stereocenters. The lowest BCUT2D eigenvalue weighted by Crippen LogP contribution is -2.54. The van der Waals surface area contributed by atoms with E-state index in [9.17, 15) is 19.2 Å². The molecule has 4 heterocycles. The predicted molar refractivity (Wildman–Crippen MR) is 139 cm³/mol. The number of fused-ring (bicyclic) bond motifs is 1. The number of piperidine rings is 1. The SMILES string of the molecule is O=C1CCC(N2C(=O)c3ccc(NCC4CC(n5cc(-c6cccnn6)c(C6CC6)n5)C4)cc3C2=O)C(=O)N1. The van der Waals surface area contributed by atoms with E-state index in [4.69, 9.17) is 5.10 Å². The minimum Gasteiger partial charge on any atom is -0.385 e. The number of carbonyl (C=O) groups excluding carboxylic acids is 4. The summed E-state index contributed by atoms with van der Waals surface area (Å²) in [6.45, 7) is 0.738. The van der Waals surface area contributed by atoms with Gasteiger partial charge >= 0.3 is 0 Å². The number of hydrogen-bond acceptors (Lipinski definition) is 8. The van der Waals surface area contributed by atoms with Gasteiger partial charge in [-0.15, -0.1) is 0 Å². The number of nitrogens with zero attached hydrogens (tertiary/aromatic N) is 5. The standard InChI is InChI=1S/C28H27N7O4/c36-24-8-7-23(26(37)31-24)35-27(38)19-6-5-17(12-20(19)28(35)39)29-13-15-10-18(11-15)34-14-21(22-2-1-9-30-32-22)25(33-34)16-3-4-16/h1-2,5-6,9,12,14-16,18,23,29H,3-4,7-8,10-11,13H2,(H,31,36,37). The topological polar surface area (TPSA) is 139 Å². The molecule has 0 spiro atoms. The van der Waals surface area contributed by atoms with Gasteiger partial charge in [0.2, 0.25) is 11.8 Å². The quantitative estimate of drug-likeness (QED) is 0.449. The van der Waals surface area contributed by atoms with Crippen molar-refractivity contribution in [3.8, 4) is 11.3 Å². The molecule has 7 rings (SSSR count). The second-order valence-electron chi connectivity index (χ2n) is 10.9. The molecular weight excluding hydrogens is 498 g/mol. The van der Waals surface area contributed by atoms with E-state index in [1.165, 1.54) is 12.8 Å². The summed E-state index contributed by atoms with van der Waals surface area (Å²) in [6, 6.07) is 8.35. The molecule has 0 radical (unpaired) electrons. The van der Waals surface area contributed by atoms with E-state index in [0.717, 1.165) is 46.9 Å². The molecular formula is C28H27N7O4. The number of anilines is 1. The number of rotatable bonds is 7. The molecule has 0 bridgehead atoms. The number of amides is 4. The van der Waals surface area contributed by atoms with Crippen molar-refractivity contribution < 1.29 is 19.2 Å². The molecule has 2 N–H and O–H groups in total. The van der Waals surface area contributed by atoms with Crippen molar-refractivity contribution in [3.05, 3.63) is 59.5 Å². The van der Waals surface area contributed by atoms with Crippen molar-refractivity contribution in [2.75, 3.05) is 11.9 Å². The van der Waals surface area contributed by atoms with Crippen LogP contribution in [0.3, 0.4) is 0 Å². The van der Waals surface area contributed by atoms with Crippen LogP contribution in [0.4, 0.5) is 5.69 Å². The second-order valence-corrected chi connectivity index (χ2v) is 10.9. The van der Waals surface area contributed by atoms with E-state index in [1.54, 1.807) is 24.4 Å². The lowest BCUT2D eigenvalue weighted by atomic mass is 9.80. The van der Waals surface area contributed by atoms with E-state index in [1.807, 2.05) is 12.1 Å². The maximum Gasteiger partial charge on any atom is 0.262 e. The summed E-state index contributed by atoms with van der Waals surface area (Å²) in [5, 5.41) is 18.9. The molecule has 3 fully saturated rings. The Morgan fingerprint density at radius 3 is 2.54 bits per heavy atom. The Morgan fingerprint density at radius 2 is 1.79 bits per heavy atom. The Balaban J connectivity index is 0.987. The van der Waals surface area contributed by atoms with Crippen molar-refractivity contribution in [3.63, 3.8) is 0 Å². The molecule has 1 aromatic carbocycles. The van der Waals surface area contributed by atoms with Crippen LogP contribution in [0.1, 0.15) is 76.9 Å². The Kier molecular flexibility index (Phi) is 5.53. The smallest absolute Gasteiger partial charge is 0.262 e. The number of carbonyl (C=O) groups is 4. The Labute approximate surface area is 224 Å². The van der Waals surface area contributed by atoms with E-state index < -0.39 is 23.8 Å². The summed E-state index contributed by atoms with van der Waals surface area (Å²) in [5.41, 5.74) is 4.38. The lowest BCUT2D eigenvalue weighted by Gasteiger charge is -2.35. The molecule has 39 heavy (non-hydrogen) atoms. The van der Waals surface area contributed by atoms with Crippen molar-refractivity contribution >= 4 is 29.3 Å². The third kappa shape index (κ3) is 4.18. The summed E-state index contributed by atoms with van der Waals surface area (Å²) in [5.74, 6) is -1.03. The van der Waals surface area contributed by atoms with Crippen LogP contribution in [0, 0.1) is 5.92 Å². The van der Waals surface area contributed by atoms with Gasteiger partial charge in [0.25, 0.3) is 11.8 Å². The maximum absolute atomic E-state index is 13.1. The zero-order valence-electron chi connectivity index (χ0n) is 21.2. The Hall–Kier alpha value is -4.41. The first-order valence-corrected chi connectivity index (χ1v) is 13.4. The molecule has 4 amide bonds. The summed E-state index contributed by atoms with van der Waals surface area (Å²) >= 11 is 0. The van der Waals surface area contributed by atoms with Gasteiger partial charge in [0.05, 0.1) is 28.6 Å². The van der Waals surface area contributed by atoms with Crippen LogP contribution < -0.4 is 10.6 Å². The lowest BCUT2D eigenvalue weighted by molar-refractivity contribution is -0.136. The van der Waals surface area contributed by atoms with Crippen LogP contribution in [-0.2, 0) is 9.59 Å². The molecule has 1 saturated heterocycles. The average Bonchev–Trinajstić information content (AvgIpc) is 3.62. The fourth-order valence-corrected chi connectivity index (χ4v) is 5.82. The van der Waals surface area contributed by atoms with Gasteiger partial charge in [-0.1, -0.05) is 0 Å². The summed E-state index contributed by atoms with van der Waals surface area (Å²) in [4.78, 5) is 50.7. The molecule has 11 heteroatoms. The maximum atomic E-state index is 13.1. The monoisotopic (exact) mass is 525 g/mol. The highest BCUT2D eigenvalue weighted by atomic mass is 16.2. The van der Waals surface area contributed by atoms with E-state index in [0.29, 0.717) is 17.9 Å². The van der Waals surface area contributed by atoms with Gasteiger partial charge < -0.3 is 5.32 Å². The van der Waals surface area contributed by atoms with E-state index in [2.05, 4.69) is 31.7 Å². The third-order valence-corrected chi connectivity index (χ3v) is 8.19.